The molecule has 0 radical (unpaired) electrons. The Bertz CT molecular complexity index is 1470. The topological polar surface area (TPSA) is 93.6 Å². The number of amides is 1. The SMILES string of the molecule is Cc1cn(-c2ccc(/C=C3\CC4(COC4)CN(C(CO)c4ccc(F)cc4)C3=O)c3ncoc23)cn1. The first-order chi connectivity index (χ1) is 17.5. The highest BCUT2D eigenvalue weighted by Gasteiger charge is 2.48. The lowest BCUT2D eigenvalue weighted by atomic mass is 9.75. The third-order valence-electron chi connectivity index (χ3n) is 7.04. The molecule has 1 atom stereocenters. The van der Waals surface area contributed by atoms with Crippen LogP contribution in [0.5, 0.6) is 0 Å². The van der Waals surface area contributed by atoms with Gasteiger partial charge in [-0.2, -0.15) is 0 Å². The molecule has 6 rings (SSSR count). The van der Waals surface area contributed by atoms with Crippen molar-refractivity contribution in [1.29, 1.82) is 0 Å². The highest BCUT2D eigenvalue weighted by atomic mass is 19.1. The molecule has 0 saturated carbocycles. The smallest absolute Gasteiger partial charge is 0.250 e. The Morgan fingerprint density at radius 2 is 2.00 bits per heavy atom. The van der Waals surface area contributed by atoms with Crippen molar-refractivity contribution < 1.29 is 23.4 Å². The van der Waals surface area contributed by atoms with E-state index in [1.165, 1.54) is 18.5 Å². The number of ether oxygens (including phenoxy) is 1. The Balaban J connectivity index is 1.40. The Labute approximate surface area is 206 Å². The van der Waals surface area contributed by atoms with Gasteiger partial charge >= 0.3 is 0 Å². The molecule has 8 nitrogen and oxygen atoms in total. The zero-order chi connectivity index (χ0) is 24.9. The van der Waals surface area contributed by atoms with Crippen LogP contribution in [0.25, 0.3) is 22.9 Å². The number of halogens is 1. The molecule has 0 bridgehead atoms. The first-order valence-corrected chi connectivity index (χ1v) is 11.8. The van der Waals surface area contributed by atoms with Crippen LogP contribution in [0.4, 0.5) is 4.39 Å². The van der Waals surface area contributed by atoms with Crippen LogP contribution >= 0.6 is 0 Å². The van der Waals surface area contributed by atoms with Crippen molar-refractivity contribution in [2.75, 3.05) is 26.4 Å². The van der Waals surface area contributed by atoms with E-state index in [1.54, 1.807) is 23.4 Å². The summed E-state index contributed by atoms with van der Waals surface area (Å²) in [5, 5.41) is 10.2. The normalized spacial score (nSPS) is 19.2. The van der Waals surface area contributed by atoms with Gasteiger partial charge in [-0.25, -0.2) is 14.4 Å². The maximum atomic E-state index is 13.7. The minimum Gasteiger partial charge on any atom is -0.441 e. The van der Waals surface area contributed by atoms with Crippen LogP contribution in [0, 0.1) is 18.2 Å². The maximum Gasteiger partial charge on any atom is 0.250 e. The van der Waals surface area contributed by atoms with E-state index in [0.29, 0.717) is 48.4 Å². The Hall–Kier alpha value is -3.82. The highest BCUT2D eigenvalue weighted by Crippen LogP contribution is 2.43. The summed E-state index contributed by atoms with van der Waals surface area (Å²) in [6, 6.07) is 9.16. The number of aliphatic hydroxyl groups is 1. The quantitative estimate of drug-likeness (QED) is 0.429. The molecule has 1 N–H and O–H groups in total. The van der Waals surface area contributed by atoms with Crippen molar-refractivity contribution in [2.45, 2.75) is 19.4 Å². The van der Waals surface area contributed by atoms with Gasteiger partial charge in [0.25, 0.3) is 0 Å². The third kappa shape index (κ3) is 3.81. The molecule has 4 aromatic rings. The van der Waals surface area contributed by atoms with Crippen molar-refractivity contribution in [3.8, 4) is 5.69 Å². The minimum absolute atomic E-state index is 0.165. The van der Waals surface area contributed by atoms with Crippen molar-refractivity contribution in [1.82, 2.24) is 19.4 Å². The van der Waals surface area contributed by atoms with Gasteiger partial charge in [0.05, 0.1) is 43.6 Å². The number of imidazole rings is 1. The maximum absolute atomic E-state index is 13.7. The van der Waals surface area contributed by atoms with Gasteiger partial charge < -0.3 is 23.7 Å². The summed E-state index contributed by atoms with van der Waals surface area (Å²) < 4.78 is 26.7. The molecular weight excluding hydrogens is 463 g/mol. The van der Waals surface area contributed by atoms with Gasteiger partial charge in [-0.1, -0.05) is 18.2 Å². The molecule has 2 aromatic heterocycles. The molecule has 2 saturated heterocycles. The number of likely N-dealkylation sites (tertiary alicyclic amines) is 1. The van der Waals surface area contributed by atoms with E-state index < -0.39 is 6.04 Å². The number of piperidine rings is 1. The Morgan fingerprint density at radius 3 is 2.67 bits per heavy atom. The van der Waals surface area contributed by atoms with E-state index in [2.05, 4.69) is 9.97 Å². The lowest BCUT2D eigenvalue weighted by Gasteiger charge is -2.50. The molecular formula is C27H25FN4O4. The van der Waals surface area contributed by atoms with Crippen LogP contribution in [-0.4, -0.2) is 56.8 Å². The molecule has 2 fully saturated rings. The average Bonchev–Trinajstić information content (AvgIpc) is 3.52. The molecule has 1 unspecified atom stereocenters. The molecule has 2 aliphatic rings. The van der Waals surface area contributed by atoms with Gasteiger partial charge in [-0.3, -0.25) is 4.79 Å². The van der Waals surface area contributed by atoms with Gasteiger partial charge in [-0.05, 0) is 43.2 Å². The van der Waals surface area contributed by atoms with Gasteiger partial charge in [0.1, 0.15) is 11.3 Å². The van der Waals surface area contributed by atoms with Gasteiger partial charge in [0.2, 0.25) is 5.91 Å². The van der Waals surface area contributed by atoms with E-state index in [9.17, 15) is 14.3 Å². The summed E-state index contributed by atoms with van der Waals surface area (Å²) in [4.78, 5) is 24.1. The molecule has 2 aliphatic heterocycles. The van der Waals surface area contributed by atoms with Crippen LogP contribution in [-0.2, 0) is 9.53 Å². The standard InChI is InChI=1S/C27H25FN4O4/c1-17-10-31(15-29-17)22-7-4-19(24-25(22)36-16-30-24)8-20-9-27(13-35-14-27)12-32(26(20)34)23(11-33)18-2-5-21(28)6-3-18/h2-8,10,15-16,23,33H,9,11-14H2,1H3/b20-8+. The van der Waals surface area contributed by atoms with Crippen LogP contribution in [0.15, 0.2) is 65.3 Å². The number of aromatic nitrogens is 3. The largest absolute Gasteiger partial charge is 0.441 e. The van der Waals surface area contributed by atoms with Gasteiger partial charge in [-0.15, -0.1) is 0 Å². The number of hydrogen-bond acceptors (Lipinski definition) is 6. The van der Waals surface area contributed by atoms with Gasteiger partial charge in [0.15, 0.2) is 12.0 Å². The number of carbonyl (C=O) groups excluding carboxylic acids is 1. The Kier molecular flexibility index (Phi) is 5.46. The molecule has 2 aromatic carbocycles. The molecule has 9 heteroatoms. The fourth-order valence-electron chi connectivity index (χ4n) is 5.19. The molecule has 184 valence electrons. The summed E-state index contributed by atoms with van der Waals surface area (Å²) in [5.74, 6) is -0.530. The third-order valence-corrected chi connectivity index (χ3v) is 7.04. The molecule has 1 spiro atoms. The summed E-state index contributed by atoms with van der Waals surface area (Å²) in [6.45, 7) is 3.18. The minimum atomic E-state index is -0.585. The first-order valence-electron chi connectivity index (χ1n) is 11.8. The highest BCUT2D eigenvalue weighted by molar-refractivity contribution is 6.01. The van der Waals surface area contributed by atoms with E-state index >= 15 is 0 Å². The predicted molar refractivity (Wildman–Crippen MR) is 130 cm³/mol. The number of fused-ring (bicyclic) bond motifs is 1. The molecule has 36 heavy (non-hydrogen) atoms. The van der Waals surface area contributed by atoms with Crippen LogP contribution in [0.2, 0.25) is 0 Å². The number of oxazole rings is 1. The number of rotatable bonds is 5. The number of aryl methyl sites for hydroxylation is 1. The van der Waals surface area contributed by atoms with Crippen molar-refractivity contribution >= 4 is 23.1 Å². The lowest BCUT2D eigenvalue weighted by Crippen LogP contribution is -2.57. The number of benzene rings is 2. The summed E-state index contributed by atoms with van der Waals surface area (Å²) in [6.07, 6.45) is 7.45. The number of hydrogen-bond donors (Lipinski definition) is 1. The predicted octanol–water partition coefficient (Wildman–Crippen LogP) is 3.83. The lowest BCUT2D eigenvalue weighted by molar-refractivity contribution is -0.161. The van der Waals surface area contributed by atoms with Crippen molar-refractivity contribution in [2.24, 2.45) is 5.41 Å². The van der Waals surface area contributed by atoms with E-state index in [0.717, 1.165) is 16.9 Å². The Morgan fingerprint density at radius 1 is 1.19 bits per heavy atom. The van der Waals surface area contributed by atoms with Crippen molar-refractivity contribution in [3.63, 3.8) is 0 Å². The second kappa shape index (κ2) is 8.69. The van der Waals surface area contributed by atoms with Crippen LogP contribution in [0.1, 0.15) is 29.3 Å². The van der Waals surface area contributed by atoms with E-state index in [4.69, 9.17) is 9.15 Å². The molecule has 4 heterocycles. The average molecular weight is 489 g/mol. The molecule has 1 amide bonds. The van der Waals surface area contributed by atoms with Crippen LogP contribution < -0.4 is 0 Å². The van der Waals surface area contributed by atoms with E-state index in [1.807, 2.05) is 35.9 Å². The fourth-order valence-corrected chi connectivity index (χ4v) is 5.19. The zero-order valence-electron chi connectivity index (χ0n) is 19.7. The zero-order valence-corrected chi connectivity index (χ0v) is 19.7. The second-order valence-electron chi connectivity index (χ2n) is 9.65. The monoisotopic (exact) mass is 488 g/mol. The second-order valence-corrected chi connectivity index (χ2v) is 9.65. The fraction of sp³-hybridized carbons (Fsp3) is 0.296. The van der Waals surface area contributed by atoms with E-state index in [-0.39, 0.29) is 23.7 Å². The van der Waals surface area contributed by atoms with Crippen molar-refractivity contribution in [3.05, 3.63) is 83.5 Å². The number of carbonyl (C=O) groups is 1. The van der Waals surface area contributed by atoms with Gasteiger partial charge in [0, 0.05) is 29.3 Å². The summed E-state index contributed by atoms with van der Waals surface area (Å²) in [7, 11) is 0. The first kappa shape index (κ1) is 22.6. The van der Waals surface area contributed by atoms with Crippen LogP contribution in [0.3, 0.4) is 0 Å². The summed E-state index contributed by atoms with van der Waals surface area (Å²) in [5.41, 5.74) is 4.78. The summed E-state index contributed by atoms with van der Waals surface area (Å²) >= 11 is 0. The molecule has 0 aliphatic carbocycles. The number of nitrogens with zero attached hydrogens (tertiary/aromatic N) is 4. The number of aliphatic hydroxyl groups excluding tert-OH is 1.